The van der Waals surface area contributed by atoms with Gasteiger partial charge in [-0.25, -0.2) is 4.79 Å². The molecule has 1 aromatic rings. The van der Waals surface area contributed by atoms with Crippen LogP contribution in [0, 0.1) is 10.1 Å². The Balaban J connectivity index is 2.61. The van der Waals surface area contributed by atoms with E-state index in [0.29, 0.717) is 0 Å². The smallest absolute Gasteiger partial charge is 0.336 e. The van der Waals surface area contributed by atoms with Crippen molar-refractivity contribution in [2.24, 2.45) is 0 Å². The normalized spacial score (nSPS) is 13.2. The van der Waals surface area contributed by atoms with Crippen LogP contribution >= 0.6 is 0 Å². The molecule has 0 aromatic heterocycles. The molecule has 2 rings (SSSR count). The van der Waals surface area contributed by atoms with Crippen molar-refractivity contribution in [3.8, 4) is 11.5 Å². The van der Waals surface area contributed by atoms with Gasteiger partial charge in [0.2, 0.25) is 5.75 Å². The molecule has 1 heterocycles. The van der Waals surface area contributed by atoms with E-state index >= 15 is 0 Å². The number of ether oxygens (including phenoxy) is 2. The highest BCUT2D eigenvalue weighted by molar-refractivity contribution is 5.90. The van der Waals surface area contributed by atoms with Crippen LogP contribution in [0.2, 0.25) is 0 Å². The molecule has 0 fully saturated rings. The van der Waals surface area contributed by atoms with Crippen LogP contribution in [0.4, 0.5) is 5.69 Å². The van der Waals surface area contributed by atoms with Gasteiger partial charge in [0.15, 0.2) is 5.75 Å². The van der Waals surface area contributed by atoms with Gasteiger partial charge in [0.25, 0.3) is 0 Å². The molecule has 0 atom stereocenters. The van der Waals surface area contributed by atoms with Gasteiger partial charge in [-0.05, 0) is 6.07 Å². The zero-order valence-electron chi connectivity index (χ0n) is 8.00. The second kappa shape index (κ2) is 3.69. The van der Waals surface area contributed by atoms with Crippen LogP contribution in [0.1, 0.15) is 10.4 Å². The molecule has 0 unspecified atom stereocenters. The number of hydrogen-bond donors (Lipinski definition) is 1. The minimum Gasteiger partial charge on any atom is -0.486 e. The Kier molecular flexibility index (Phi) is 2.35. The minimum atomic E-state index is -1.25. The standard InChI is InChI=1S/C9H7NO6/c11-9(12)5-3-6(10(13)14)8-7(4-5)15-1-2-16-8/h3-4H,1-2H2,(H,11,12). The Hall–Kier alpha value is -2.31. The van der Waals surface area contributed by atoms with Gasteiger partial charge in [0.1, 0.15) is 13.2 Å². The number of nitrogens with zero attached hydrogens (tertiary/aromatic N) is 1. The molecule has 0 radical (unpaired) electrons. The molecule has 0 saturated carbocycles. The van der Waals surface area contributed by atoms with E-state index in [-0.39, 0.29) is 30.3 Å². The van der Waals surface area contributed by atoms with Crippen LogP contribution in [0.3, 0.4) is 0 Å². The quantitative estimate of drug-likeness (QED) is 0.596. The first-order valence-corrected chi connectivity index (χ1v) is 4.41. The third kappa shape index (κ3) is 1.62. The fourth-order valence-electron chi connectivity index (χ4n) is 1.39. The van der Waals surface area contributed by atoms with Crippen LogP contribution in [0.5, 0.6) is 11.5 Å². The third-order valence-corrected chi connectivity index (χ3v) is 2.07. The van der Waals surface area contributed by atoms with Crippen LogP contribution in [0.25, 0.3) is 0 Å². The third-order valence-electron chi connectivity index (χ3n) is 2.07. The van der Waals surface area contributed by atoms with Crippen LogP contribution in [0.15, 0.2) is 12.1 Å². The number of carboxylic acids is 1. The van der Waals surface area contributed by atoms with Crippen molar-refractivity contribution in [2.75, 3.05) is 13.2 Å². The molecular weight excluding hydrogens is 218 g/mol. The Labute approximate surface area is 89.4 Å². The van der Waals surface area contributed by atoms with E-state index in [2.05, 4.69) is 0 Å². The summed E-state index contributed by atoms with van der Waals surface area (Å²) in [4.78, 5) is 20.8. The van der Waals surface area contributed by atoms with Crippen molar-refractivity contribution in [3.63, 3.8) is 0 Å². The largest absolute Gasteiger partial charge is 0.486 e. The molecule has 0 spiro atoms. The van der Waals surface area contributed by atoms with Crippen LogP contribution in [-0.4, -0.2) is 29.2 Å². The summed E-state index contributed by atoms with van der Waals surface area (Å²) in [6.07, 6.45) is 0. The summed E-state index contributed by atoms with van der Waals surface area (Å²) >= 11 is 0. The van der Waals surface area contributed by atoms with Crippen molar-refractivity contribution in [1.29, 1.82) is 0 Å². The summed E-state index contributed by atoms with van der Waals surface area (Å²) in [5.74, 6) is -1.17. The van der Waals surface area contributed by atoms with Crippen LogP contribution < -0.4 is 9.47 Å². The monoisotopic (exact) mass is 225 g/mol. The summed E-state index contributed by atoms with van der Waals surface area (Å²) in [5, 5.41) is 19.5. The highest BCUT2D eigenvalue weighted by Crippen LogP contribution is 2.39. The lowest BCUT2D eigenvalue weighted by Crippen LogP contribution is -2.17. The summed E-state index contributed by atoms with van der Waals surface area (Å²) in [6, 6.07) is 2.17. The van der Waals surface area contributed by atoms with Crippen molar-refractivity contribution in [1.82, 2.24) is 0 Å². The maximum atomic E-state index is 10.7. The number of aromatic carboxylic acids is 1. The summed E-state index contributed by atoms with van der Waals surface area (Å²) in [6.45, 7) is 0.452. The molecular formula is C9H7NO6. The number of rotatable bonds is 2. The van der Waals surface area contributed by atoms with Gasteiger partial charge in [-0.15, -0.1) is 0 Å². The lowest BCUT2D eigenvalue weighted by molar-refractivity contribution is -0.386. The fourth-order valence-corrected chi connectivity index (χ4v) is 1.39. The lowest BCUT2D eigenvalue weighted by atomic mass is 10.1. The van der Waals surface area contributed by atoms with E-state index in [9.17, 15) is 14.9 Å². The van der Waals surface area contributed by atoms with Gasteiger partial charge in [-0.3, -0.25) is 10.1 Å². The molecule has 84 valence electrons. The molecule has 0 aliphatic carbocycles. The zero-order valence-corrected chi connectivity index (χ0v) is 8.00. The van der Waals surface area contributed by atoms with Crippen molar-refractivity contribution in [2.45, 2.75) is 0 Å². The van der Waals surface area contributed by atoms with Gasteiger partial charge < -0.3 is 14.6 Å². The number of nitro benzene ring substituents is 1. The number of benzene rings is 1. The Morgan fingerprint density at radius 1 is 1.38 bits per heavy atom. The van der Waals surface area contributed by atoms with E-state index in [1.807, 2.05) is 0 Å². The molecule has 7 heteroatoms. The number of carbonyl (C=O) groups is 1. The SMILES string of the molecule is O=C(O)c1cc2c(c([N+](=O)[O-])c1)OCCO2. The maximum Gasteiger partial charge on any atom is 0.336 e. The van der Waals surface area contributed by atoms with E-state index in [1.165, 1.54) is 6.07 Å². The molecule has 0 bridgehead atoms. The molecule has 1 N–H and O–H groups in total. The predicted molar refractivity (Wildman–Crippen MR) is 51.0 cm³/mol. The fraction of sp³-hybridized carbons (Fsp3) is 0.222. The first kappa shape index (κ1) is 10.2. The minimum absolute atomic E-state index is 0.0127. The number of nitro groups is 1. The number of carboxylic acid groups (broad SMARTS) is 1. The molecule has 1 aliphatic heterocycles. The second-order valence-electron chi connectivity index (χ2n) is 3.08. The van der Waals surface area contributed by atoms with Crippen molar-refractivity contribution < 1.29 is 24.3 Å². The number of hydrogen-bond acceptors (Lipinski definition) is 5. The highest BCUT2D eigenvalue weighted by Gasteiger charge is 2.26. The van der Waals surface area contributed by atoms with Gasteiger partial charge >= 0.3 is 11.7 Å². The Bertz CT molecular complexity index is 469. The molecule has 16 heavy (non-hydrogen) atoms. The Morgan fingerprint density at radius 3 is 2.69 bits per heavy atom. The van der Waals surface area contributed by atoms with E-state index in [0.717, 1.165) is 6.07 Å². The topological polar surface area (TPSA) is 98.9 Å². The van der Waals surface area contributed by atoms with Gasteiger partial charge in [-0.1, -0.05) is 0 Å². The highest BCUT2D eigenvalue weighted by atomic mass is 16.6. The lowest BCUT2D eigenvalue weighted by Gasteiger charge is -2.18. The van der Waals surface area contributed by atoms with Gasteiger partial charge in [0, 0.05) is 6.07 Å². The second-order valence-corrected chi connectivity index (χ2v) is 3.08. The molecule has 1 aliphatic rings. The van der Waals surface area contributed by atoms with Crippen LogP contribution in [-0.2, 0) is 0 Å². The average Bonchev–Trinajstić information content (AvgIpc) is 2.27. The van der Waals surface area contributed by atoms with Gasteiger partial charge in [0.05, 0.1) is 10.5 Å². The van der Waals surface area contributed by atoms with E-state index < -0.39 is 16.6 Å². The zero-order chi connectivity index (χ0) is 11.7. The number of fused-ring (bicyclic) bond motifs is 1. The van der Waals surface area contributed by atoms with E-state index in [1.54, 1.807) is 0 Å². The predicted octanol–water partition coefficient (Wildman–Crippen LogP) is 1.06. The first-order chi connectivity index (χ1) is 7.59. The molecule has 0 amide bonds. The van der Waals surface area contributed by atoms with E-state index in [4.69, 9.17) is 14.6 Å². The molecule has 1 aromatic carbocycles. The summed E-state index contributed by atoms with van der Waals surface area (Å²) in [7, 11) is 0. The summed E-state index contributed by atoms with van der Waals surface area (Å²) < 4.78 is 10.2. The van der Waals surface area contributed by atoms with Gasteiger partial charge in [-0.2, -0.15) is 0 Å². The van der Waals surface area contributed by atoms with Crippen molar-refractivity contribution >= 4 is 11.7 Å². The molecule has 0 saturated heterocycles. The average molecular weight is 225 g/mol. The Morgan fingerprint density at radius 2 is 2.06 bits per heavy atom. The maximum absolute atomic E-state index is 10.7. The van der Waals surface area contributed by atoms with Crippen molar-refractivity contribution in [3.05, 3.63) is 27.8 Å². The summed E-state index contributed by atoms with van der Waals surface area (Å²) in [5.41, 5.74) is -0.592. The molecule has 7 nitrogen and oxygen atoms in total. The first-order valence-electron chi connectivity index (χ1n) is 4.41.